The summed E-state index contributed by atoms with van der Waals surface area (Å²) >= 11 is 0. The van der Waals surface area contributed by atoms with Crippen LogP contribution in [-0.4, -0.2) is 20.6 Å². The highest BCUT2D eigenvalue weighted by atomic mass is 16.5. The molecular weight excluding hydrogens is 330 g/mol. The minimum absolute atomic E-state index is 0.324. The molecule has 0 atom stereocenters. The van der Waals surface area contributed by atoms with E-state index in [9.17, 15) is 4.79 Å². The fourth-order valence-electron chi connectivity index (χ4n) is 2.97. The van der Waals surface area contributed by atoms with Crippen LogP contribution in [0, 0.1) is 0 Å². The van der Waals surface area contributed by atoms with Gasteiger partial charge >= 0.3 is 6.09 Å². The molecule has 0 aliphatic carbocycles. The predicted octanol–water partition coefficient (Wildman–Crippen LogP) is 2.94. The molecule has 0 aliphatic heterocycles. The molecule has 2 aromatic carbocycles. The molecule has 0 unspecified atom stereocenters. The Bertz CT molecular complexity index is 1100. The van der Waals surface area contributed by atoms with E-state index in [0.717, 1.165) is 22.5 Å². The molecule has 2 aromatic heterocycles. The standard InChI is InChI=1S/C19H17N5O2/c20-11-14-6-3-9-24(14)13-5-1-4-12(10-13)18-22-15-7-2-8-16(17(15)23-18)26-19(21)25/h1-10H,11,20H2,(H2,21,25)(H,22,23). The number of primary amides is 1. The molecule has 0 fully saturated rings. The molecule has 130 valence electrons. The number of H-pyrrole nitrogens is 1. The van der Waals surface area contributed by atoms with Gasteiger partial charge in [-0.25, -0.2) is 9.78 Å². The molecule has 0 spiro atoms. The Hall–Kier alpha value is -3.58. The number of fused-ring (bicyclic) bond motifs is 1. The van der Waals surface area contributed by atoms with E-state index in [-0.39, 0.29) is 0 Å². The van der Waals surface area contributed by atoms with E-state index >= 15 is 0 Å². The number of imidazole rings is 1. The number of nitrogens with zero attached hydrogens (tertiary/aromatic N) is 2. The third-order valence-electron chi connectivity index (χ3n) is 4.13. The number of aromatic nitrogens is 3. The largest absolute Gasteiger partial charge is 0.410 e. The van der Waals surface area contributed by atoms with Gasteiger partial charge in [-0.2, -0.15) is 0 Å². The summed E-state index contributed by atoms with van der Waals surface area (Å²) in [6, 6.07) is 17.2. The first-order chi connectivity index (χ1) is 12.7. The molecule has 0 saturated heterocycles. The SMILES string of the molecule is NCc1cccn1-c1cccc(-c2nc3c(OC(N)=O)cccc3[nH]2)c1. The van der Waals surface area contributed by atoms with Crippen molar-refractivity contribution in [3.8, 4) is 22.8 Å². The molecule has 0 aliphatic rings. The number of nitrogens with two attached hydrogens (primary N) is 2. The summed E-state index contributed by atoms with van der Waals surface area (Å²) in [7, 11) is 0. The summed E-state index contributed by atoms with van der Waals surface area (Å²) in [5.74, 6) is 0.994. The molecule has 0 bridgehead atoms. The molecule has 1 amide bonds. The Labute approximate surface area is 149 Å². The lowest BCUT2D eigenvalue weighted by Crippen LogP contribution is -2.16. The van der Waals surface area contributed by atoms with Crippen molar-refractivity contribution in [2.45, 2.75) is 6.54 Å². The van der Waals surface area contributed by atoms with Crippen LogP contribution in [0.4, 0.5) is 4.79 Å². The zero-order valence-electron chi connectivity index (χ0n) is 13.8. The normalized spacial score (nSPS) is 11.0. The van der Waals surface area contributed by atoms with Crippen LogP contribution in [0.2, 0.25) is 0 Å². The number of nitrogens with one attached hydrogen (secondary N) is 1. The first kappa shape index (κ1) is 15.9. The molecule has 0 radical (unpaired) electrons. The van der Waals surface area contributed by atoms with E-state index < -0.39 is 6.09 Å². The number of carbonyl (C=O) groups is 1. The number of hydrogen-bond donors (Lipinski definition) is 3. The van der Waals surface area contributed by atoms with Crippen LogP contribution >= 0.6 is 0 Å². The number of aromatic amines is 1. The Balaban J connectivity index is 1.79. The fourth-order valence-corrected chi connectivity index (χ4v) is 2.97. The number of rotatable bonds is 4. The van der Waals surface area contributed by atoms with E-state index in [1.807, 2.05) is 53.2 Å². The van der Waals surface area contributed by atoms with Crippen molar-refractivity contribution in [1.82, 2.24) is 14.5 Å². The smallest absolute Gasteiger partial charge is 0.408 e. The van der Waals surface area contributed by atoms with E-state index in [2.05, 4.69) is 9.97 Å². The molecule has 5 N–H and O–H groups in total. The maximum absolute atomic E-state index is 11.1. The van der Waals surface area contributed by atoms with Crippen molar-refractivity contribution in [3.05, 3.63) is 66.5 Å². The predicted molar refractivity (Wildman–Crippen MR) is 99.0 cm³/mol. The summed E-state index contributed by atoms with van der Waals surface area (Å²) in [5.41, 5.74) is 15.1. The molecular formula is C19H17N5O2. The summed E-state index contributed by atoms with van der Waals surface area (Å²) in [6.45, 7) is 0.454. The fraction of sp³-hybridized carbons (Fsp3) is 0.0526. The maximum atomic E-state index is 11.1. The second kappa shape index (κ2) is 6.38. The first-order valence-corrected chi connectivity index (χ1v) is 8.09. The van der Waals surface area contributed by atoms with E-state index in [1.54, 1.807) is 12.1 Å². The molecule has 0 saturated carbocycles. The number of benzene rings is 2. The Morgan fingerprint density at radius 2 is 2.00 bits per heavy atom. The van der Waals surface area contributed by atoms with Crippen LogP contribution < -0.4 is 16.2 Å². The summed E-state index contributed by atoms with van der Waals surface area (Å²) in [5, 5.41) is 0. The van der Waals surface area contributed by atoms with Gasteiger partial charge in [0.05, 0.1) is 5.52 Å². The van der Waals surface area contributed by atoms with Crippen molar-refractivity contribution in [3.63, 3.8) is 0 Å². The van der Waals surface area contributed by atoms with Crippen LogP contribution in [0.25, 0.3) is 28.1 Å². The molecule has 26 heavy (non-hydrogen) atoms. The Morgan fingerprint density at radius 3 is 2.81 bits per heavy atom. The van der Waals surface area contributed by atoms with Gasteiger partial charge in [-0.3, -0.25) is 0 Å². The number of amides is 1. The summed E-state index contributed by atoms with van der Waals surface area (Å²) in [6.07, 6.45) is 1.10. The van der Waals surface area contributed by atoms with Gasteiger partial charge < -0.3 is 25.8 Å². The van der Waals surface area contributed by atoms with Gasteiger partial charge in [0.25, 0.3) is 0 Å². The number of hydrogen-bond acceptors (Lipinski definition) is 4. The lowest BCUT2D eigenvalue weighted by atomic mass is 10.2. The van der Waals surface area contributed by atoms with E-state index in [1.165, 1.54) is 0 Å². The molecule has 4 aromatic rings. The average molecular weight is 347 g/mol. The van der Waals surface area contributed by atoms with Crippen molar-refractivity contribution < 1.29 is 9.53 Å². The van der Waals surface area contributed by atoms with E-state index in [0.29, 0.717) is 23.6 Å². The van der Waals surface area contributed by atoms with Gasteiger partial charge in [0.1, 0.15) is 11.3 Å². The lowest BCUT2D eigenvalue weighted by molar-refractivity contribution is 0.211. The zero-order valence-corrected chi connectivity index (χ0v) is 13.8. The van der Waals surface area contributed by atoms with Gasteiger partial charge in [-0.15, -0.1) is 0 Å². The highest BCUT2D eigenvalue weighted by molar-refractivity contribution is 5.87. The second-order valence-electron chi connectivity index (χ2n) is 5.78. The highest BCUT2D eigenvalue weighted by Gasteiger charge is 2.12. The minimum atomic E-state index is -0.869. The molecule has 2 heterocycles. The highest BCUT2D eigenvalue weighted by Crippen LogP contribution is 2.28. The Morgan fingerprint density at radius 1 is 1.15 bits per heavy atom. The van der Waals surface area contributed by atoms with Gasteiger partial charge in [0.2, 0.25) is 0 Å². The van der Waals surface area contributed by atoms with Gasteiger partial charge in [-0.05, 0) is 36.4 Å². The number of ether oxygens (including phenoxy) is 1. The third kappa shape index (κ3) is 2.80. The van der Waals surface area contributed by atoms with Gasteiger partial charge in [0, 0.05) is 29.7 Å². The second-order valence-corrected chi connectivity index (χ2v) is 5.78. The molecule has 7 nitrogen and oxygen atoms in total. The Kier molecular flexibility index (Phi) is 3.91. The quantitative estimate of drug-likeness (QED) is 0.527. The lowest BCUT2D eigenvalue weighted by Gasteiger charge is -2.09. The number of para-hydroxylation sites is 1. The van der Waals surface area contributed by atoms with Crippen LogP contribution in [-0.2, 0) is 6.54 Å². The molecule has 4 rings (SSSR count). The van der Waals surface area contributed by atoms with Crippen LogP contribution in [0.15, 0.2) is 60.8 Å². The molecule has 7 heteroatoms. The third-order valence-corrected chi connectivity index (χ3v) is 4.13. The summed E-state index contributed by atoms with van der Waals surface area (Å²) < 4.78 is 7.06. The summed E-state index contributed by atoms with van der Waals surface area (Å²) in [4.78, 5) is 18.9. The van der Waals surface area contributed by atoms with Crippen LogP contribution in [0.1, 0.15) is 5.69 Å². The number of carbonyl (C=O) groups excluding carboxylic acids is 1. The van der Waals surface area contributed by atoms with Gasteiger partial charge in [0.15, 0.2) is 5.75 Å². The zero-order chi connectivity index (χ0) is 18.1. The maximum Gasteiger partial charge on any atom is 0.410 e. The van der Waals surface area contributed by atoms with Crippen LogP contribution in [0.3, 0.4) is 0 Å². The first-order valence-electron chi connectivity index (χ1n) is 8.09. The van der Waals surface area contributed by atoms with Crippen LogP contribution in [0.5, 0.6) is 5.75 Å². The topological polar surface area (TPSA) is 112 Å². The van der Waals surface area contributed by atoms with Gasteiger partial charge in [-0.1, -0.05) is 18.2 Å². The van der Waals surface area contributed by atoms with E-state index in [4.69, 9.17) is 16.2 Å². The average Bonchev–Trinajstić information content (AvgIpc) is 3.28. The van der Waals surface area contributed by atoms with Crippen molar-refractivity contribution in [2.24, 2.45) is 11.5 Å². The monoisotopic (exact) mass is 347 g/mol. The van der Waals surface area contributed by atoms with Crippen molar-refractivity contribution in [2.75, 3.05) is 0 Å². The van der Waals surface area contributed by atoms with Crippen molar-refractivity contribution in [1.29, 1.82) is 0 Å². The minimum Gasteiger partial charge on any atom is -0.408 e. The van der Waals surface area contributed by atoms with Crippen molar-refractivity contribution >= 4 is 17.1 Å².